The maximum Gasteiger partial charge on any atom is 0.194 e. The average molecular weight is 532 g/mol. The molecular formula is C29H29N3O7. The summed E-state index contributed by atoms with van der Waals surface area (Å²) in [6.45, 7) is 8.19. The monoisotopic (exact) mass is 531 g/mol. The molecule has 3 aromatic rings. The number of phenolic OH excluding ortho intramolecular Hbond substituents is 2. The molecule has 4 N–H and O–H groups in total. The van der Waals surface area contributed by atoms with Gasteiger partial charge in [-0.05, 0) is 46.8 Å². The Morgan fingerprint density at radius 2 is 1.87 bits per heavy atom. The number of nitrogens with zero attached hydrogens (tertiary/aromatic N) is 2. The van der Waals surface area contributed by atoms with Gasteiger partial charge in [-0.25, -0.2) is 4.98 Å². The number of carbonyl (C=O) groups excluding carboxylic acids is 3. The number of nitrogens with one attached hydrogen (secondary N) is 1. The summed E-state index contributed by atoms with van der Waals surface area (Å²) in [6.07, 6.45) is 0.395. The highest BCUT2D eigenvalue weighted by Crippen LogP contribution is 2.57. The van der Waals surface area contributed by atoms with E-state index in [1.54, 1.807) is 13.8 Å². The van der Waals surface area contributed by atoms with Crippen LogP contribution in [0.25, 0.3) is 11.0 Å². The predicted octanol–water partition coefficient (Wildman–Crippen LogP) is 3.26. The summed E-state index contributed by atoms with van der Waals surface area (Å²) in [5, 5.41) is 34.8. The number of carbonyl (C=O) groups is 3. The Bertz CT molecular complexity index is 1660. The van der Waals surface area contributed by atoms with Gasteiger partial charge in [0.15, 0.2) is 17.3 Å². The molecule has 0 spiro atoms. The third kappa shape index (κ3) is 3.74. The third-order valence-electron chi connectivity index (χ3n) is 7.54. The van der Waals surface area contributed by atoms with Crippen LogP contribution in [-0.4, -0.2) is 48.8 Å². The van der Waals surface area contributed by atoms with E-state index in [2.05, 4.69) is 10.3 Å². The molecule has 10 heteroatoms. The molecule has 39 heavy (non-hydrogen) atoms. The summed E-state index contributed by atoms with van der Waals surface area (Å²) in [7, 11) is 0. The minimum atomic E-state index is -1.58. The van der Waals surface area contributed by atoms with Gasteiger partial charge in [-0.2, -0.15) is 0 Å². The number of fused-ring (bicyclic) bond motifs is 4. The Morgan fingerprint density at radius 3 is 2.54 bits per heavy atom. The maximum absolute atomic E-state index is 13.9. The van der Waals surface area contributed by atoms with Gasteiger partial charge < -0.3 is 29.9 Å². The highest BCUT2D eigenvalue weighted by atomic mass is 16.5. The highest BCUT2D eigenvalue weighted by molar-refractivity contribution is 6.31. The fourth-order valence-electron chi connectivity index (χ4n) is 5.45. The number of aliphatic hydroxyl groups excluding tert-OH is 1. The van der Waals surface area contributed by atoms with Crippen molar-refractivity contribution < 1.29 is 34.4 Å². The van der Waals surface area contributed by atoms with Crippen molar-refractivity contribution in [2.24, 2.45) is 0 Å². The largest absolute Gasteiger partial charge is 0.507 e. The van der Waals surface area contributed by atoms with Gasteiger partial charge >= 0.3 is 0 Å². The molecular weight excluding hydrogens is 502 g/mol. The standard InChI is InChI=1S/C29H29N3O7/c1-13-24(36)22(15(3)33)26-23(25(13)37)29(5)20(39-26)12-19(35)21(27(29)38)14(2)30-10-11-32-18-9-7-6-8-17(18)31-28(32)16(4)34/h6-9,12,16,30,34,36-37H,10-11H2,1-5H3/b21-14+/t16?,29-/m1/s1. The van der Waals surface area contributed by atoms with Gasteiger partial charge in [0.25, 0.3) is 0 Å². The molecule has 2 aliphatic rings. The van der Waals surface area contributed by atoms with Crippen molar-refractivity contribution in [3.8, 4) is 17.2 Å². The summed E-state index contributed by atoms with van der Waals surface area (Å²) >= 11 is 0. The molecule has 1 aliphatic heterocycles. The molecule has 0 bridgehead atoms. The first kappa shape index (κ1) is 26.2. The molecule has 1 aliphatic carbocycles. The number of hydrogen-bond acceptors (Lipinski definition) is 9. The number of aliphatic hydroxyl groups is 1. The molecule has 0 saturated carbocycles. The Balaban J connectivity index is 1.51. The van der Waals surface area contributed by atoms with Crippen molar-refractivity contribution in [1.82, 2.24) is 14.9 Å². The van der Waals surface area contributed by atoms with Crippen LogP contribution in [0.15, 0.2) is 47.4 Å². The van der Waals surface area contributed by atoms with Gasteiger partial charge in [-0.15, -0.1) is 0 Å². The zero-order valence-electron chi connectivity index (χ0n) is 22.2. The van der Waals surface area contributed by atoms with E-state index in [0.29, 0.717) is 24.6 Å². The first-order valence-electron chi connectivity index (χ1n) is 12.6. The number of allylic oxidation sites excluding steroid dienone is 4. The van der Waals surface area contributed by atoms with Crippen LogP contribution in [0, 0.1) is 6.92 Å². The van der Waals surface area contributed by atoms with Crippen LogP contribution in [0.5, 0.6) is 17.2 Å². The normalized spacial score (nSPS) is 20.3. The second-order valence-electron chi connectivity index (χ2n) is 10.1. The van der Waals surface area contributed by atoms with Crippen LogP contribution in [0.1, 0.15) is 61.1 Å². The number of phenols is 2. The minimum Gasteiger partial charge on any atom is -0.507 e. The molecule has 1 aromatic heterocycles. The van der Waals surface area contributed by atoms with E-state index in [1.807, 2.05) is 28.8 Å². The predicted molar refractivity (Wildman–Crippen MR) is 142 cm³/mol. The zero-order valence-corrected chi connectivity index (χ0v) is 22.2. The second kappa shape index (κ2) is 9.09. The first-order chi connectivity index (χ1) is 18.4. The summed E-state index contributed by atoms with van der Waals surface area (Å²) < 4.78 is 7.68. The van der Waals surface area contributed by atoms with Gasteiger partial charge in [0, 0.05) is 30.4 Å². The van der Waals surface area contributed by atoms with Crippen LogP contribution in [-0.2, 0) is 21.5 Å². The molecule has 2 heterocycles. The van der Waals surface area contributed by atoms with Crippen LogP contribution in [0.3, 0.4) is 0 Å². The molecule has 1 unspecified atom stereocenters. The van der Waals surface area contributed by atoms with Crippen LogP contribution < -0.4 is 10.1 Å². The number of para-hydroxylation sites is 2. The topological polar surface area (TPSA) is 151 Å². The smallest absolute Gasteiger partial charge is 0.194 e. The van der Waals surface area contributed by atoms with Crippen molar-refractivity contribution in [3.63, 3.8) is 0 Å². The van der Waals surface area contributed by atoms with Crippen LogP contribution >= 0.6 is 0 Å². The van der Waals surface area contributed by atoms with Gasteiger partial charge in [0.05, 0.1) is 22.2 Å². The summed E-state index contributed by atoms with van der Waals surface area (Å²) in [4.78, 5) is 43.9. The van der Waals surface area contributed by atoms with Crippen molar-refractivity contribution in [2.75, 3.05) is 6.54 Å². The number of rotatable bonds is 6. The van der Waals surface area contributed by atoms with E-state index < -0.39 is 34.6 Å². The van der Waals surface area contributed by atoms with E-state index in [9.17, 15) is 29.7 Å². The number of benzene rings is 2. The quantitative estimate of drug-likeness (QED) is 0.213. The molecule has 0 amide bonds. The van der Waals surface area contributed by atoms with E-state index in [-0.39, 0.29) is 39.5 Å². The summed E-state index contributed by atoms with van der Waals surface area (Å²) in [5.74, 6) is -2.12. The van der Waals surface area contributed by atoms with Gasteiger partial charge in [-0.1, -0.05) is 12.1 Å². The minimum absolute atomic E-state index is 0.0155. The lowest BCUT2D eigenvalue weighted by Crippen LogP contribution is -2.41. The van der Waals surface area contributed by atoms with Gasteiger partial charge in [0.1, 0.15) is 45.9 Å². The van der Waals surface area contributed by atoms with E-state index in [4.69, 9.17) is 4.74 Å². The van der Waals surface area contributed by atoms with Crippen LogP contribution in [0.2, 0.25) is 0 Å². The number of ether oxygens (including phenoxy) is 1. The number of Topliss-reactive ketones (excluding diaryl/α,β-unsaturated/α-hetero) is 2. The number of aromatic nitrogens is 2. The van der Waals surface area contributed by atoms with Gasteiger partial charge in [-0.3, -0.25) is 14.4 Å². The van der Waals surface area contributed by atoms with Crippen LogP contribution in [0.4, 0.5) is 0 Å². The molecule has 2 aromatic carbocycles. The molecule has 5 rings (SSSR count). The molecule has 0 radical (unpaired) electrons. The second-order valence-corrected chi connectivity index (χ2v) is 10.1. The van der Waals surface area contributed by atoms with Crippen molar-refractivity contribution in [3.05, 3.63) is 69.9 Å². The highest BCUT2D eigenvalue weighted by Gasteiger charge is 2.56. The maximum atomic E-state index is 13.9. The molecule has 2 atom stereocenters. The van der Waals surface area contributed by atoms with E-state index >= 15 is 0 Å². The lowest BCUT2D eigenvalue weighted by atomic mass is 9.70. The third-order valence-corrected chi connectivity index (χ3v) is 7.54. The van der Waals surface area contributed by atoms with Crippen molar-refractivity contribution >= 4 is 28.4 Å². The molecule has 202 valence electrons. The van der Waals surface area contributed by atoms with E-state index in [0.717, 1.165) is 11.0 Å². The molecule has 0 fully saturated rings. The lowest BCUT2D eigenvalue weighted by molar-refractivity contribution is -0.123. The SMILES string of the molecule is CC(=O)c1c(O)c(C)c(O)c2c1OC1=CC(=O)/C(=C(/C)NCCn3c(C(C)O)nc4ccccc43)C(=O)[C@]12C. The number of ketones is 3. The number of imidazole rings is 1. The number of hydrogen-bond donors (Lipinski definition) is 4. The fourth-order valence-corrected chi connectivity index (χ4v) is 5.45. The first-order valence-corrected chi connectivity index (χ1v) is 12.6. The van der Waals surface area contributed by atoms with Crippen molar-refractivity contribution in [1.29, 1.82) is 0 Å². The van der Waals surface area contributed by atoms with E-state index in [1.165, 1.54) is 26.8 Å². The summed E-state index contributed by atoms with van der Waals surface area (Å²) in [6, 6.07) is 7.51. The fraction of sp³-hybridized carbons (Fsp3) is 0.310. The zero-order chi connectivity index (χ0) is 28.4. The average Bonchev–Trinajstić information content (AvgIpc) is 3.39. The molecule has 0 saturated heterocycles. The lowest BCUT2D eigenvalue weighted by Gasteiger charge is -2.29. The molecule has 10 nitrogen and oxygen atoms in total. The van der Waals surface area contributed by atoms with Gasteiger partial charge in [0.2, 0.25) is 0 Å². The Hall–Kier alpha value is -4.44. The Morgan fingerprint density at radius 1 is 1.18 bits per heavy atom. The summed E-state index contributed by atoms with van der Waals surface area (Å²) in [5.41, 5.74) is 0.185. The Kier molecular flexibility index (Phi) is 6.10. The Labute approximate surface area is 224 Å². The number of aromatic hydroxyl groups is 2. The van der Waals surface area contributed by atoms with Crippen molar-refractivity contribution in [2.45, 2.75) is 52.7 Å².